The summed E-state index contributed by atoms with van der Waals surface area (Å²) in [5.74, 6) is 1.84. The van der Waals surface area contributed by atoms with E-state index < -0.39 is 0 Å². The topological polar surface area (TPSA) is 39.6 Å². The summed E-state index contributed by atoms with van der Waals surface area (Å²) in [5, 5.41) is 9.06. The van der Waals surface area contributed by atoms with E-state index in [1.165, 1.54) is 25.8 Å². The third kappa shape index (κ3) is 2.60. The number of hydrogen-bond donors (Lipinski definition) is 1. The molecule has 1 aromatic heterocycles. The van der Waals surface area contributed by atoms with Crippen LogP contribution in [0.1, 0.15) is 24.8 Å². The molecule has 0 amide bonds. The van der Waals surface area contributed by atoms with Crippen LogP contribution in [-0.4, -0.2) is 47.7 Å². The molecule has 2 saturated heterocycles. The van der Waals surface area contributed by atoms with Gasteiger partial charge in [-0.25, -0.2) is 4.98 Å². The van der Waals surface area contributed by atoms with Gasteiger partial charge in [0.15, 0.2) is 0 Å². The molecule has 3 heterocycles. The average Bonchev–Trinajstić information content (AvgIpc) is 2.47. The fraction of sp³-hybridized carbons (Fsp3) is 0.667. The van der Waals surface area contributed by atoms with E-state index in [-0.39, 0.29) is 6.61 Å². The monoisotopic (exact) mass is 261 g/mol. The summed E-state index contributed by atoms with van der Waals surface area (Å²) >= 11 is 0. The predicted octanol–water partition coefficient (Wildman–Crippen LogP) is 1.49. The molecule has 2 atom stereocenters. The van der Waals surface area contributed by atoms with E-state index >= 15 is 0 Å². The number of anilines is 1. The van der Waals surface area contributed by atoms with Crippen LogP contribution in [0.5, 0.6) is 0 Å². The molecule has 4 nitrogen and oxygen atoms in total. The first-order valence-corrected chi connectivity index (χ1v) is 7.29. The lowest BCUT2D eigenvalue weighted by Crippen LogP contribution is -2.52. The number of aliphatic hydroxyl groups is 1. The zero-order chi connectivity index (χ0) is 13.2. The highest BCUT2D eigenvalue weighted by Crippen LogP contribution is 2.31. The van der Waals surface area contributed by atoms with E-state index in [0.717, 1.165) is 36.4 Å². The van der Waals surface area contributed by atoms with Crippen LogP contribution >= 0.6 is 0 Å². The fourth-order valence-electron chi connectivity index (χ4n) is 3.56. The minimum absolute atomic E-state index is 0.0722. The molecule has 0 saturated carbocycles. The molecule has 2 fully saturated rings. The van der Waals surface area contributed by atoms with Crippen molar-refractivity contribution < 1.29 is 5.11 Å². The van der Waals surface area contributed by atoms with Crippen LogP contribution in [0.15, 0.2) is 18.3 Å². The molecule has 1 N–H and O–H groups in total. The molecule has 1 aromatic rings. The van der Waals surface area contributed by atoms with Crippen LogP contribution < -0.4 is 4.90 Å². The zero-order valence-corrected chi connectivity index (χ0v) is 11.6. The van der Waals surface area contributed by atoms with E-state index in [1.54, 1.807) is 6.20 Å². The number of pyridine rings is 1. The molecular formula is C15H23N3O. The maximum Gasteiger partial charge on any atom is 0.128 e. The van der Waals surface area contributed by atoms with Gasteiger partial charge < -0.3 is 14.9 Å². The minimum atomic E-state index is 0.0722. The standard InChI is InChI=1S/C15H23N3O/c1-17-7-2-3-13-10-18(8-6-14(13)17)15-5-4-12(11-19)9-16-15/h4-5,9,13-14,19H,2-3,6-8,10-11H2,1H3. The van der Waals surface area contributed by atoms with Gasteiger partial charge in [0.25, 0.3) is 0 Å². The Morgan fingerprint density at radius 3 is 2.95 bits per heavy atom. The van der Waals surface area contributed by atoms with Gasteiger partial charge in [-0.2, -0.15) is 0 Å². The number of aromatic nitrogens is 1. The Labute approximate surface area is 115 Å². The van der Waals surface area contributed by atoms with Gasteiger partial charge in [0.1, 0.15) is 5.82 Å². The molecule has 0 radical (unpaired) electrons. The molecule has 0 spiro atoms. The van der Waals surface area contributed by atoms with Gasteiger partial charge in [0, 0.05) is 25.3 Å². The number of aliphatic hydroxyl groups excluding tert-OH is 1. The average molecular weight is 261 g/mol. The maximum absolute atomic E-state index is 9.06. The second kappa shape index (κ2) is 5.47. The highest BCUT2D eigenvalue weighted by atomic mass is 16.3. The molecule has 0 bridgehead atoms. The largest absolute Gasteiger partial charge is 0.392 e. The SMILES string of the molecule is CN1CCCC2CN(c3ccc(CO)cn3)CCC21. The lowest BCUT2D eigenvalue weighted by atomic mass is 9.84. The van der Waals surface area contributed by atoms with Gasteiger partial charge in [-0.05, 0) is 50.4 Å². The Balaban J connectivity index is 1.69. The maximum atomic E-state index is 9.06. The van der Waals surface area contributed by atoms with Gasteiger partial charge >= 0.3 is 0 Å². The van der Waals surface area contributed by atoms with Crippen LogP contribution in [0.2, 0.25) is 0 Å². The summed E-state index contributed by atoms with van der Waals surface area (Å²) in [6, 6.07) is 4.78. The first-order chi connectivity index (χ1) is 9.28. The van der Waals surface area contributed by atoms with Crippen LogP contribution in [0.3, 0.4) is 0 Å². The van der Waals surface area contributed by atoms with Crippen molar-refractivity contribution in [3.8, 4) is 0 Å². The zero-order valence-electron chi connectivity index (χ0n) is 11.6. The summed E-state index contributed by atoms with van der Waals surface area (Å²) in [4.78, 5) is 9.42. The van der Waals surface area contributed by atoms with Crippen molar-refractivity contribution in [2.45, 2.75) is 31.9 Å². The quantitative estimate of drug-likeness (QED) is 0.875. The number of fused-ring (bicyclic) bond motifs is 1. The van der Waals surface area contributed by atoms with Gasteiger partial charge in [0.05, 0.1) is 6.61 Å². The number of likely N-dealkylation sites (tertiary alicyclic amines) is 1. The van der Waals surface area contributed by atoms with Crippen LogP contribution in [-0.2, 0) is 6.61 Å². The van der Waals surface area contributed by atoms with Crippen LogP contribution in [0.4, 0.5) is 5.82 Å². The molecule has 3 rings (SSSR count). The molecule has 0 aliphatic carbocycles. The number of rotatable bonds is 2. The summed E-state index contributed by atoms with van der Waals surface area (Å²) in [6.07, 6.45) is 5.70. The highest BCUT2D eigenvalue weighted by molar-refractivity contribution is 5.40. The van der Waals surface area contributed by atoms with Gasteiger partial charge in [-0.3, -0.25) is 0 Å². The number of piperidine rings is 2. The smallest absolute Gasteiger partial charge is 0.128 e. The van der Waals surface area contributed by atoms with E-state index in [0.29, 0.717) is 0 Å². The van der Waals surface area contributed by atoms with Crippen molar-refractivity contribution in [2.24, 2.45) is 5.92 Å². The van der Waals surface area contributed by atoms with Crippen molar-refractivity contribution in [2.75, 3.05) is 31.6 Å². The van der Waals surface area contributed by atoms with Crippen molar-refractivity contribution in [1.82, 2.24) is 9.88 Å². The van der Waals surface area contributed by atoms with Gasteiger partial charge in [-0.15, -0.1) is 0 Å². The Hall–Kier alpha value is -1.13. The van der Waals surface area contributed by atoms with Crippen molar-refractivity contribution in [3.63, 3.8) is 0 Å². The third-order valence-corrected chi connectivity index (χ3v) is 4.66. The van der Waals surface area contributed by atoms with Crippen LogP contribution in [0.25, 0.3) is 0 Å². The molecule has 2 aliphatic rings. The number of hydrogen-bond acceptors (Lipinski definition) is 4. The Bertz CT molecular complexity index is 420. The van der Waals surface area contributed by atoms with E-state index in [9.17, 15) is 0 Å². The first kappa shape index (κ1) is 12.9. The van der Waals surface area contributed by atoms with Crippen molar-refractivity contribution in [3.05, 3.63) is 23.9 Å². The van der Waals surface area contributed by atoms with Crippen LogP contribution in [0, 0.1) is 5.92 Å². The lowest BCUT2D eigenvalue weighted by Gasteiger charge is -2.46. The number of nitrogens with zero attached hydrogens (tertiary/aromatic N) is 3. The summed E-state index contributed by atoms with van der Waals surface area (Å²) < 4.78 is 0. The van der Waals surface area contributed by atoms with Crippen molar-refractivity contribution >= 4 is 5.82 Å². The second-order valence-electron chi connectivity index (χ2n) is 5.87. The summed E-state index contributed by atoms with van der Waals surface area (Å²) in [7, 11) is 2.26. The normalized spacial score (nSPS) is 28.2. The molecule has 0 aromatic carbocycles. The summed E-state index contributed by atoms with van der Waals surface area (Å²) in [5.41, 5.74) is 0.885. The van der Waals surface area contributed by atoms with E-state index in [1.807, 2.05) is 12.1 Å². The van der Waals surface area contributed by atoms with E-state index in [2.05, 4.69) is 21.8 Å². The predicted molar refractivity (Wildman–Crippen MR) is 76.1 cm³/mol. The molecule has 2 unspecified atom stereocenters. The third-order valence-electron chi connectivity index (χ3n) is 4.66. The molecule has 4 heteroatoms. The van der Waals surface area contributed by atoms with Gasteiger partial charge in [0.2, 0.25) is 0 Å². The lowest BCUT2D eigenvalue weighted by molar-refractivity contribution is 0.102. The summed E-state index contributed by atoms with van der Waals surface area (Å²) in [6.45, 7) is 3.55. The highest BCUT2D eigenvalue weighted by Gasteiger charge is 2.34. The van der Waals surface area contributed by atoms with E-state index in [4.69, 9.17) is 5.11 Å². The first-order valence-electron chi connectivity index (χ1n) is 7.29. The molecule has 104 valence electrons. The fourth-order valence-corrected chi connectivity index (χ4v) is 3.56. The Morgan fingerprint density at radius 2 is 2.21 bits per heavy atom. The molecule has 2 aliphatic heterocycles. The Morgan fingerprint density at radius 1 is 1.32 bits per heavy atom. The Kier molecular flexibility index (Phi) is 3.71. The van der Waals surface area contributed by atoms with Crippen molar-refractivity contribution in [1.29, 1.82) is 0 Å². The molecular weight excluding hydrogens is 238 g/mol. The van der Waals surface area contributed by atoms with Gasteiger partial charge in [-0.1, -0.05) is 6.07 Å². The second-order valence-corrected chi connectivity index (χ2v) is 5.87. The molecule has 19 heavy (non-hydrogen) atoms. The minimum Gasteiger partial charge on any atom is -0.392 e.